The summed E-state index contributed by atoms with van der Waals surface area (Å²) in [5, 5.41) is 13.1. The molecular weight excluding hydrogens is 522 g/mol. The lowest BCUT2D eigenvalue weighted by Crippen LogP contribution is -2.44. The van der Waals surface area contributed by atoms with Crippen molar-refractivity contribution in [2.24, 2.45) is 4.99 Å². The topological polar surface area (TPSA) is 128 Å². The number of amides is 1. The molecule has 2 N–H and O–H groups in total. The molecule has 1 aliphatic rings. The molecule has 11 heteroatoms. The van der Waals surface area contributed by atoms with Crippen LogP contribution in [0.2, 0.25) is 0 Å². The fraction of sp³-hybridized carbons (Fsp3) is 0.367. The summed E-state index contributed by atoms with van der Waals surface area (Å²) in [5.41, 5.74) is 7.78. The molecule has 0 unspecified atom stereocenters. The Morgan fingerprint density at radius 2 is 1.83 bits per heavy atom. The van der Waals surface area contributed by atoms with Crippen LogP contribution in [0.25, 0.3) is 11.3 Å². The number of fused-ring (bicyclic) bond motifs is 3. The number of carbonyl (C=O) groups is 1. The fourth-order valence-electron chi connectivity index (χ4n) is 5.40. The maximum absolute atomic E-state index is 14.0. The van der Waals surface area contributed by atoms with Gasteiger partial charge in [-0.2, -0.15) is 15.4 Å². The second kappa shape index (κ2) is 11.4. The van der Waals surface area contributed by atoms with Crippen molar-refractivity contribution in [3.05, 3.63) is 79.9 Å². The number of methoxy groups -OCH3 is 1. The third-order valence-electron chi connectivity index (χ3n) is 7.28. The molecule has 0 saturated carbocycles. The number of rotatable bonds is 8. The highest BCUT2D eigenvalue weighted by atomic mass is 16.5. The van der Waals surface area contributed by atoms with E-state index in [4.69, 9.17) is 14.5 Å². The molecule has 11 nitrogen and oxygen atoms in total. The SMILES string of the molecule is CCOc1cc2c(cc1OC)-c1cc(=Nc3c(C)cc(C)cc3C)n(CCNC(=O)c3n[nH]nc3C)c(=O)n1CC2. The zero-order valence-electron chi connectivity index (χ0n) is 24.3. The maximum atomic E-state index is 14.0. The summed E-state index contributed by atoms with van der Waals surface area (Å²) in [4.78, 5) is 31.7. The zero-order valence-corrected chi connectivity index (χ0v) is 24.3. The third-order valence-corrected chi connectivity index (χ3v) is 7.28. The maximum Gasteiger partial charge on any atom is 0.330 e. The van der Waals surface area contributed by atoms with Gasteiger partial charge in [0.05, 0.1) is 30.8 Å². The lowest BCUT2D eigenvalue weighted by atomic mass is 9.97. The van der Waals surface area contributed by atoms with Crippen LogP contribution in [-0.2, 0) is 19.5 Å². The summed E-state index contributed by atoms with van der Waals surface area (Å²) in [6, 6.07) is 10.0. The van der Waals surface area contributed by atoms with Crippen LogP contribution >= 0.6 is 0 Å². The molecule has 0 saturated heterocycles. The monoisotopic (exact) mass is 557 g/mol. The Balaban J connectivity index is 1.63. The first-order valence-corrected chi connectivity index (χ1v) is 13.7. The van der Waals surface area contributed by atoms with Crippen LogP contribution in [0.4, 0.5) is 5.69 Å². The average molecular weight is 558 g/mol. The Labute approximate surface area is 237 Å². The number of hydrogen-bond donors (Lipinski definition) is 2. The molecule has 1 aliphatic heterocycles. The largest absolute Gasteiger partial charge is 0.493 e. The van der Waals surface area contributed by atoms with Crippen molar-refractivity contribution in [2.75, 3.05) is 20.3 Å². The lowest BCUT2D eigenvalue weighted by molar-refractivity contribution is 0.0946. The number of nitrogens with zero attached hydrogens (tertiary/aromatic N) is 5. The van der Waals surface area contributed by atoms with Gasteiger partial charge in [0, 0.05) is 31.3 Å². The predicted molar refractivity (Wildman–Crippen MR) is 155 cm³/mol. The van der Waals surface area contributed by atoms with Crippen LogP contribution in [0.3, 0.4) is 0 Å². The van der Waals surface area contributed by atoms with Gasteiger partial charge in [0.2, 0.25) is 0 Å². The molecule has 0 spiro atoms. The highest BCUT2D eigenvalue weighted by molar-refractivity contribution is 5.93. The van der Waals surface area contributed by atoms with E-state index < -0.39 is 0 Å². The molecular formula is C30H35N7O4. The second-order valence-corrected chi connectivity index (χ2v) is 10.2. The smallest absolute Gasteiger partial charge is 0.330 e. The minimum Gasteiger partial charge on any atom is -0.493 e. The zero-order chi connectivity index (χ0) is 29.3. The van der Waals surface area contributed by atoms with Crippen LogP contribution in [0.15, 0.2) is 40.1 Å². The molecule has 41 heavy (non-hydrogen) atoms. The van der Waals surface area contributed by atoms with Gasteiger partial charge in [0.15, 0.2) is 17.2 Å². The highest BCUT2D eigenvalue weighted by Gasteiger charge is 2.23. The van der Waals surface area contributed by atoms with Crippen molar-refractivity contribution >= 4 is 11.6 Å². The van der Waals surface area contributed by atoms with Gasteiger partial charge in [-0.25, -0.2) is 9.79 Å². The second-order valence-electron chi connectivity index (χ2n) is 10.2. The quantitative estimate of drug-likeness (QED) is 0.342. The van der Waals surface area contributed by atoms with Gasteiger partial charge < -0.3 is 14.8 Å². The molecule has 4 aromatic rings. The van der Waals surface area contributed by atoms with Gasteiger partial charge in [-0.15, -0.1) is 0 Å². The summed E-state index contributed by atoms with van der Waals surface area (Å²) < 4.78 is 14.8. The standard InChI is InChI=1S/C30H35N7O4/c1-7-41-25-14-21-8-10-36-23(22(21)15-24(25)40-6)16-26(32-27-18(3)12-17(2)13-19(27)4)37(30(36)39)11-9-31-29(38)28-20(5)33-35-34-28/h12-16H,7-11H2,1-6H3,(H,31,38)(H,33,34,35). The first-order chi connectivity index (χ1) is 19.7. The first kappa shape index (κ1) is 27.9. The number of carbonyl (C=O) groups excluding carboxylic acids is 1. The van der Waals surface area contributed by atoms with Crippen LogP contribution in [0.5, 0.6) is 11.5 Å². The van der Waals surface area contributed by atoms with Crippen molar-refractivity contribution in [1.29, 1.82) is 0 Å². The Bertz CT molecular complexity index is 1740. The molecule has 0 bridgehead atoms. The third kappa shape index (κ3) is 5.39. The van der Waals surface area contributed by atoms with Crippen LogP contribution in [0.1, 0.15) is 45.4 Å². The van der Waals surface area contributed by atoms with E-state index in [2.05, 4.69) is 39.8 Å². The number of aromatic nitrogens is 5. The number of aryl methyl sites for hydroxylation is 5. The van der Waals surface area contributed by atoms with Gasteiger partial charge in [-0.05, 0) is 69.9 Å². The van der Waals surface area contributed by atoms with E-state index in [-0.39, 0.29) is 30.4 Å². The van der Waals surface area contributed by atoms with E-state index in [1.807, 2.05) is 39.0 Å². The molecule has 0 fully saturated rings. The summed E-state index contributed by atoms with van der Waals surface area (Å²) in [5.74, 6) is 0.937. The molecule has 0 radical (unpaired) electrons. The van der Waals surface area contributed by atoms with Crippen LogP contribution < -0.4 is 26.0 Å². The normalized spacial score (nSPS) is 12.6. The minimum absolute atomic E-state index is 0.200. The average Bonchev–Trinajstić information content (AvgIpc) is 3.37. The molecule has 214 valence electrons. The summed E-state index contributed by atoms with van der Waals surface area (Å²) in [6.45, 7) is 11.2. The van der Waals surface area contributed by atoms with Crippen LogP contribution in [0, 0.1) is 27.7 Å². The minimum atomic E-state index is -0.357. The lowest BCUT2D eigenvalue weighted by Gasteiger charge is -2.25. The van der Waals surface area contributed by atoms with Gasteiger partial charge in [0.1, 0.15) is 5.49 Å². The number of H-pyrrole nitrogens is 1. The molecule has 2 aromatic heterocycles. The molecule has 0 aliphatic carbocycles. The molecule has 2 aromatic carbocycles. The number of ether oxygens (including phenoxy) is 2. The van der Waals surface area contributed by atoms with Crippen molar-refractivity contribution in [3.8, 4) is 22.8 Å². The van der Waals surface area contributed by atoms with Gasteiger partial charge in [-0.3, -0.25) is 13.9 Å². The first-order valence-electron chi connectivity index (χ1n) is 13.7. The van der Waals surface area contributed by atoms with E-state index in [9.17, 15) is 9.59 Å². The van der Waals surface area contributed by atoms with Gasteiger partial charge in [0.25, 0.3) is 5.91 Å². The fourth-order valence-corrected chi connectivity index (χ4v) is 5.40. The highest BCUT2D eigenvalue weighted by Crippen LogP contribution is 2.37. The van der Waals surface area contributed by atoms with E-state index >= 15 is 0 Å². The number of hydrogen-bond acceptors (Lipinski definition) is 7. The van der Waals surface area contributed by atoms with E-state index in [0.29, 0.717) is 42.3 Å². The van der Waals surface area contributed by atoms with Gasteiger partial charge in [-0.1, -0.05) is 17.7 Å². The Morgan fingerprint density at radius 1 is 1.07 bits per heavy atom. The summed E-state index contributed by atoms with van der Waals surface area (Å²) in [6.07, 6.45) is 0.668. The van der Waals surface area contributed by atoms with Crippen LogP contribution in [-0.4, -0.2) is 50.7 Å². The number of nitrogens with one attached hydrogen (secondary N) is 2. The molecule has 1 amide bonds. The van der Waals surface area contributed by atoms with E-state index in [1.54, 1.807) is 23.2 Å². The molecule has 0 atom stereocenters. The Kier molecular flexibility index (Phi) is 7.78. The van der Waals surface area contributed by atoms with E-state index in [0.717, 1.165) is 39.2 Å². The van der Waals surface area contributed by atoms with Crippen molar-refractivity contribution in [1.82, 2.24) is 29.9 Å². The molecule has 3 heterocycles. The summed E-state index contributed by atoms with van der Waals surface area (Å²) in [7, 11) is 1.61. The number of benzene rings is 2. The Morgan fingerprint density at radius 3 is 2.49 bits per heavy atom. The number of aromatic amines is 1. The predicted octanol–water partition coefficient (Wildman–Crippen LogP) is 3.29. The van der Waals surface area contributed by atoms with Gasteiger partial charge >= 0.3 is 5.69 Å². The van der Waals surface area contributed by atoms with E-state index in [1.165, 1.54) is 0 Å². The van der Waals surface area contributed by atoms with Crippen molar-refractivity contribution < 1.29 is 14.3 Å². The summed E-state index contributed by atoms with van der Waals surface area (Å²) >= 11 is 0. The Hall–Kier alpha value is -4.67. The van der Waals surface area contributed by atoms with Crippen molar-refractivity contribution in [3.63, 3.8) is 0 Å². The molecule has 5 rings (SSSR count). The van der Waals surface area contributed by atoms with Crippen molar-refractivity contribution in [2.45, 2.75) is 54.1 Å².